The maximum atomic E-state index is 6.67. The van der Waals surface area contributed by atoms with E-state index in [2.05, 4.69) is 164 Å². The number of para-hydroxylation sites is 2. The van der Waals surface area contributed by atoms with Crippen molar-refractivity contribution in [1.29, 1.82) is 0 Å². The second-order valence-corrected chi connectivity index (χ2v) is 15.9. The summed E-state index contributed by atoms with van der Waals surface area (Å²) in [5, 5.41) is 6.05. The zero-order valence-electron chi connectivity index (χ0n) is 29.1. The first-order valence-electron chi connectivity index (χ1n) is 18.2. The fourth-order valence-corrected chi connectivity index (χ4v) is 10.1. The molecule has 0 N–H and O–H groups in total. The van der Waals surface area contributed by atoms with Gasteiger partial charge in [0.05, 0.1) is 11.4 Å². The van der Waals surface area contributed by atoms with Gasteiger partial charge in [-0.25, -0.2) is 0 Å². The number of rotatable bonds is 4. The van der Waals surface area contributed by atoms with Crippen LogP contribution in [0.3, 0.4) is 0 Å². The molecule has 2 nitrogen and oxygen atoms in total. The summed E-state index contributed by atoms with van der Waals surface area (Å²) in [6.45, 7) is 4.77. The van der Waals surface area contributed by atoms with Crippen molar-refractivity contribution in [3.8, 4) is 22.3 Å². The fraction of sp³-hybridized carbons (Fsp3) is 0.102. The van der Waals surface area contributed by atoms with E-state index >= 15 is 0 Å². The van der Waals surface area contributed by atoms with Crippen LogP contribution in [0.4, 0.5) is 17.1 Å². The van der Waals surface area contributed by atoms with E-state index in [0.29, 0.717) is 0 Å². The number of aryl methyl sites for hydroxylation is 1. The number of hydrogen-bond donors (Lipinski definition) is 0. The monoisotopic (exact) mass is 685 g/mol. The first-order valence-corrected chi connectivity index (χ1v) is 19.0. The highest BCUT2D eigenvalue weighted by Crippen LogP contribution is 2.53. The van der Waals surface area contributed by atoms with Crippen LogP contribution >= 0.6 is 11.3 Å². The van der Waals surface area contributed by atoms with E-state index in [1.54, 1.807) is 0 Å². The molecule has 0 fully saturated rings. The van der Waals surface area contributed by atoms with Crippen LogP contribution in [0.1, 0.15) is 41.8 Å². The molecule has 7 aromatic carbocycles. The molecule has 2 heterocycles. The summed E-state index contributed by atoms with van der Waals surface area (Å²) in [7, 11) is 0. The summed E-state index contributed by atoms with van der Waals surface area (Å²) >= 11 is 1.96. The van der Waals surface area contributed by atoms with Crippen LogP contribution in [0.2, 0.25) is 0 Å². The van der Waals surface area contributed by atoms with Crippen LogP contribution in [-0.2, 0) is 11.8 Å². The molecule has 2 aliphatic rings. The molecule has 0 amide bonds. The van der Waals surface area contributed by atoms with Gasteiger partial charge in [-0.05, 0) is 106 Å². The van der Waals surface area contributed by atoms with E-state index in [4.69, 9.17) is 4.42 Å². The Bertz CT molecular complexity index is 2950. The molecule has 0 atom stereocenters. The van der Waals surface area contributed by atoms with E-state index in [-0.39, 0.29) is 5.41 Å². The summed E-state index contributed by atoms with van der Waals surface area (Å²) in [6.07, 6.45) is 6.95. The smallest absolute Gasteiger partial charge is 0.159 e. The van der Waals surface area contributed by atoms with Gasteiger partial charge in [0.1, 0.15) is 5.58 Å². The maximum absolute atomic E-state index is 6.67. The summed E-state index contributed by atoms with van der Waals surface area (Å²) in [4.78, 5) is 3.92. The molecule has 11 rings (SSSR count). The molecule has 3 heteroatoms. The minimum atomic E-state index is -0.194. The van der Waals surface area contributed by atoms with Crippen LogP contribution in [0, 0.1) is 0 Å². The number of furan rings is 1. The van der Waals surface area contributed by atoms with Crippen molar-refractivity contribution in [3.05, 3.63) is 167 Å². The SMILES string of the molecule is CC1(C)c2cc(-c3ccc4sc5c(c4c3)C=CCC5)ccc2-c2ccc(N(c3cccc4ccccc34)c3cccc4c3oc3ccccc34)cc21. The molecule has 0 aliphatic heterocycles. The number of fused-ring (bicyclic) bond motifs is 10. The highest BCUT2D eigenvalue weighted by Gasteiger charge is 2.36. The Balaban J connectivity index is 1.07. The van der Waals surface area contributed by atoms with Gasteiger partial charge < -0.3 is 9.32 Å². The average Bonchev–Trinajstić information content (AvgIpc) is 3.83. The van der Waals surface area contributed by atoms with Crippen molar-refractivity contribution in [1.82, 2.24) is 0 Å². The first-order chi connectivity index (χ1) is 25.5. The molecule has 2 aliphatic carbocycles. The molecule has 0 spiro atoms. The van der Waals surface area contributed by atoms with Gasteiger partial charge in [-0.3, -0.25) is 0 Å². The highest BCUT2D eigenvalue weighted by molar-refractivity contribution is 7.19. The minimum Gasteiger partial charge on any atom is -0.454 e. The lowest BCUT2D eigenvalue weighted by Gasteiger charge is -2.29. The van der Waals surface area contributed by atoms with Gasteiger partial charge >= 0.3 is 0 Å². The standard InChI is InChI=1S/C49H35NOS/c1-49(2)41-28-32(31-22-26-47-40(27-31)38-15-6-8-20-46(38)52-47)21-24-35(41)36-25-23-33(29-42(36)49)50(43-17-9-12-30-11-3-4-13-34(30)43)44-18-10-16-39-37-14-5-7-19-45(37)51-48(39)44/h3-7,9-19,21-29H,8,20H2,1-2H3. The lowest BCUT2D eigenvalue weighted by atomic mass is 9.81. The fourth-order valence-electron chi connectivity index (χ4n) is 8.89. The van der Waals surface area contributed by atoms with Crippen molar-refractivity contribution in [2.24, 2.45) is 0 Å². The quantitative estimate of drug-likeness (QED) is 0.183. The predicted molar refractivity (Wildman–Crippen MR) is 222 cm³/mol. The number of nitrogens with zero attached hydrogens (tertiary/aromatic N) is 1. The van der Waals surface area contributed by atoms with Gasteiger partial charge in [-0.15, -0.1) is 11.3 Å². The van der Waals surface area contributed by atoms with Crippen molar-refractivity contribution < 1.29 is 4.42 Å². The van der Waals surface area contributed by atoms with Gasteiger partial charge in [0.25, 0.3) is 0 Å². The number of hydrogen-bond acceptors (Lipinski definition) is 3. The van der Waals surface area contributed by atoms with Crippen molar-refractivity contribution in [2.45, 2.75) is 32.1 Å². The van der Waals surface area contributed by atoms with Gasteiger partial charge in [-0.1, -0.05) is 117 Å². The molecule has 2 aromatic heterocycles. The number of anilines is 3. The predicted octanol–water partition coefficient (Wildman–Crippen LogP) is 14.4. The second-order valence-electron chi connectivity index (χ2n) is 14.8. The Morgan fingerprint density at radius 1 is 0.615 bits per heavy atom. The van der Waals surface area contributed by atoms with Crippen LogP contribution < -0.4 is 4.90 Å². The van der Waals surface area contributed by atoms with Crippen molar-refractivity contribution >= 4 is 77.3 Å². The third-order valence-electron chi connectivity index (χ3n) is 11.5. The third kappa shape index (κ3) is 4.30. The molecule has 0 saturated carbocycles. The third-order valence-corrected chi connectivity index (χ3v) is 12.8. The highest BCUT2D eigenvalue weighted by atomic mass is 32.1. The molecule has 248 valence electrons. The average molecular weight is 686 g/mol. The van der Waals surface area contributed by atoms with Gasteiger partial charge in [0.15, 0.2) is 5.58 Å². The Hall–Kier alpha value is -5.90. The normalized spacial score (nSPS) is 14.3. The lowest BCUT2D eigenvalue weighted by molar-refractivity contribution is 0.660. The van der Waals surface area contributed by atoms with Gasteiger partial charge in [0, 0.05) is 42.2 Å². The zero-order chi connectivity index (χ0) is 34.6. The maximum Gasteiger partial charge on any atom is 0.159 e. The number of thiophene rings is 1. The summed E-state index contributed by atoms with van der Waals surface area (Å²) in [5.41, 5.74) is 14.2. The van der Waals surface area contributed by atoms with E-state index < -0.39 is 0 Å². The Kier molecular flexibility index (Phi) is 6.33. The molecule has 0 unspecified atom stereocenters. The molecule has 52 heavy (non-hydrogen) atoms. The topological polar surface area (TPSA) is 16.4 Å². The summed E-state index contributed by atoms with van der Waals surface area (Å²) < 4.78 is 8.05. The van der Waals surface area contributed by atoms with Crippen LogP contribution in [0.5, 0.6) is 0 Å². The van der Waals surface area contributed by atoms with Crippen LogP contribution in [0.25, 0.3) is 71.1 Å². The molecular formula is C49H35NOS. The Morgan fingerprint density at radius 2 is 1.33 bits per heavy atom. The first kappa shape index (κ1) is 29.8. The number of benzene rings is 7. The van der Waals surface area contributed by atoms with Crippen molar-refractivity contribution in [2.75, 3.05) is 4.90 Å². The molecule has 0 radical (unpaired) electrons. The summed E-state index contributed by atoms with van der Waals surface area (Å²) in [5.74, 6) is 0. The minimum absolute atomic E-state index is 0.194. The molecular weight excluding hydrogens is 651 g/mol. The molecule has 0 bridgehead atoms. The van der Waals surface area contributed by atoms with E-state index in [1.165, 1.54) is 64.7 Å². The lowest BCUT2D eigenvalue weighted by Crippen LogP contribution is -2.17. The van der Waals surface area contributed by atoms with Crippen LogP contribution in [-0.4, -0.2) is 0 Å². The van der Waals surface area contributed by atoms with Crippen LogP contribution in [0.15, 0.2) is 150 Å². The Labute approximate surface area is 306 Å². The van der Waals surface area contributed by atoms with Crippen molar-refractivity contribution in [3.63, 3.8) is 0 Å². The zero-order valence-corrected chi connectivity index (χ0v) is 29.9. The van der Waals surface area contributed by atoms with E-state index in [9.17, 15) is 0 Å². The Morgan fingerprint density at radius 3 is 2.25 bits per heavy atom. The molecule has 9 aromatic rings. The number of allylic oxidation sites excluding steroid dienone is 1. The molecule has 0 saturated heterocycles. The van der Waals surface area contributed by atoms with Gasteiger partial charge in [-0.2, -0.15) is 0 Å². The van der Waals surface area contributed by atoms with E-state index in [1.807, 2.05) is 17.4 Å². The summed E-state index contributed by atoms with van der Waals surface area (Å²) in [6, 6.07) is 51.4. The van der Waals surface area contributed by atoms with Gasteiger partial charge in [0.2, 0.25) is 0 Å². The second kappa shape index (κ2) is 11.0. The largest absolute Gasteiger partial charge is 0.454 e. The van der Waals surface area contributed by atoms with E-state index in [0.717, 1.165) is 51.8 Å².